The number of benzene rings is 2. The van der Waals surface area contributed by atoms with Gasteiger partial charge in [-0.15, -0.1) is 0 Å². The number of hydrogen-bond acceptors (Lipinski definition) is 3. The van der Waals surface area contributed by atoms with Crippen LogP contribution in [0.4, 0.5) is 0 Å². The molecule has 21 heavy (non-hydrogen) atoms. The molecule has 0 saturated carbocycles. The molecule has 0 aliphatic carbocycles. The molecule has 0 atom stereocenters. The van der Waals surface area contributed by atoms with E-state index in [1.807, 2.05) is 12.1 Å². The number of rotatable bonds is 8. The Bertz CT molecular complexity index is 537. The summed E-state index contributed by atoms with van der Waals surface area (Å²) in [5.74, 6) is 0.884. The summed E-state index contributed by atoms with van der Waals surface area (Å²) < 4.78 is 10.5. The quantitative estimate of drug-likeness (QED) is 0.755. The second-order valence-corrected chi connectivity index (χ2v) is 5.08. The van der Waals surface area contributed by atoms with Crippen molar-refractivity contribution in [2.45, 2.75) is 20.0 Å². The van der Waals surface area contributed by atoms with Crippen LogP contribution < -0.4 is 10.1 Å². The lowest BCUT2D eigenvalue weighted by Crippen LogP contribution is -2.12. The van der Waals surface area contributed by atoms with E-state index in [4.69, 9.17) is 9.47 Å². The monoisotopic (exact) mass is 285 g/mol. The van der Waals surface area contributed by atoms with Gasteiger partial charge in [0.15, 0.2) is 0 Å². The van der Waals surface area contributed by atoms with Crippen molar-refractivity contribution < 1.29 is 9.47 Å². The van der Waals surface area contributed by atoms with Crippen molar-refractivity contribution in [2.24, 2.45) is 0 Å². The minimum absolute atomic E-state index is 0.585. The minimum atomic E-state index is 0.585. The molecular formula is C18H23NO2. The van der Waals surface area contributed by atoms with Crippen LogP contribution in [0.2, 0.25) is 0 Å². The van der Waals surface area contributed by atoms with Crippen LogP contribution in [0.25, 0.3) is 0 Å². The average molecular weight is 285 g/mol. The van der Waals surface area contributed by atoms with Crippen LogP contribution in [0.5, 0.6) is 5.75 Å². The van der Waals surface area contributed by atoms with Gasteiger partial charge in [0.05, 0.1) is 6.61 Å². The lowest BCUT2D eigenvalue weighted by Gasteiger charge is -2.08. The van der Waals surface area contributed by atoms with Gasteiger partial charge in [0.1, 0.15) is 12.4 Å². The molecule has 0 aromatic heterocycles. The molecule has 0 aliphatic heterocycles. The summed E-state index contributed by atoms with van der Waals surface area (Å²) in [6.07, 6.45) is 0. The number of ether oxygens (including phenoxy) is 2. The van der Waals surface area contributed by atoms with Crippen LogP contribution >= 0.6 is 0 Å². The zero-order valence-corrected chi connectivity index (χ0v) is 12.8. The smallest absolute Gasteiger partial charge is 0.119 e. The van der Waals surface area contributed by atoms with E-state index in [1.54, 1.807) is 7.11 Å². The summed E-state index contributed by atoms with van der Waals surface area (Å²) in [5.41, 5.74) is 3.86. The van der Waals surface area contributed by atoms with Crippen LogP contribution in [0.3, 0.4) is 0 Å². The van der Waals surface area contributed by atoms with Crippen LogP contribution in [0.15, 0.2) is 48.5 Å². The zero-order valence-electron chi connectivity index (χ0n) is 12.8. The molecule has 0 heterocycles. The Labute approximate surface area is 126 Å². The lowest BCUT2D eigenvalue weighted by atomic mass is 10.1. The summed E-state index contributed by atoms with van der Waals surface area (Å²) in [6, 6.07) is 16.7. The third-order valence-electron chi connectivity index (χ3n) is 3.22. The molecule has 3 nitrogen and oxygen atoms in total. The first-order valence-corrected chi connectivity index (χ1v) is 7.25. The van der Waals surface area contributed by atoms with Crippen LogP contribution in [-0.4, -0.2) is 20.3 Å². The Kier molecular flexibility index (Phi) is 6.25. The highest BCUT2D eigenvalue weighted by Crippen LogP contribution is 2.12. The summed E-state index contributed by atoms with van der Waals surface area (Å²) in [7, 11) is 1.67. The van der Waals surface area contributed by atoms with Crippen molar-refractivity contribution >= 4 is 0 Å². The fourth-order valence-electron chi connectivity index (χ4n) is 2.12. The van der Waals surface area contributed by atoms with E-state index in [-0.39, 0.29) is 0 Å². The van der Waals surface area contributed by atoms with Crippen LogP contribution in [0.1, 0.15) is 16.7 Å². The summed E-state index contributed by atoms with van der Waals surface area (Å²) in [4.78, 5) is 0. The predicted molar refractivity (Wildman–Crippen MR) is 85.5 cm³/mol. The fourth-order valence-corrected chi connectivity index (χ4v) is 2.12. The van der Waals surface area contributed by atoms with Gasteiger partial charge in [-0.1, -0.05) is 42.0 Å². The zero-order chi connectivity index (χ0) is 14.9. The van der Waals surface area contributed by atoms with Gasteiger partial charge in [-0.05, 0) is 30.2 Å². The van der Waals surface area contributed by atoms with Gasteiger partial charge in [-0.25, -0.2) is 0 Å². The molecule has 0 spiro atoms. The Balaban J connectivity index is 1.75. The normalized spacial score (nSPS) is 10.6. The number of hydrogen-bond donors (Lipinski definition) is 1. The Hall–Kier alpha value is -1.84. The molecule has 0 aliphatic rings. The van der Waals surface area contributed by atoms with Gasteiger partial charge < -0.3 is 14.8 Å². The molecule has 0 saturated heterocycles. The van der Waals surface area contributed by atoms with Gasteiger partial charge in [0.2, 0.25) is 0 Å². The molecule has 0 amide bonds. The second-order valence-electron chi connectivity index (χ2n) is 5.08. The van der Waals surface area contributed by atoms with E-state index >= 15 is 0 Å². The van der Waals surface area contributed by atoms with E-state index in [2.05, 4.69) is 48.6 Å². The van der Waals surface area contributed by atoms with Gasteiger partial charge in [0.25, 0.3) is 0 Å². The third kappa shape index (κ3) is 5.58. The first kappa shape index (κ1) is 15.5. The molecule has 2 rings (SSSR count). The molecule has 112 valence electrons. The molecule has 3 heteroatoms. The van der Waals surface area contributed by atoms with Crippen molar-refractivity contribution in [3.05, 3.63) is 65.2 Å². The molecule has 0 fully saturated rings. The lowest BCUT2D eigenvalue weighted by molar-refractivity contribution is 0.146. The average Bonchev–Trinajstić information content (AvgIpc) is 2.49. The maximum absolute atomic E-state index is 5.54. The minimum Gasteiger partial charge on any atom is -0.491 e. The van der Waals surface area contributed by atoms with Crippen molar-refractivity contribution in [3.8, 4) is 5.75 Å². The van der Waals surface area contributed by atoms with Gasteiger partial charge in [-0.3, -0.25) is 0 Å². The number of aryl methyl sites for hydroxylation is 1. The van der Waals surface area contributed by atoms with E-state index in [0.717, 1.165) is 18.8 Å². The van der Waals surface area contributed by atoms with E-state index in [9.17, 15) is 0 Å². The molecule has 0 unspecified atom stereocenters. The van der Waals surface area contributed by atoms with Crippen molar-refractivity contribution in [1.29, 1.82) is 0 Å². The molecule has 2 aromatic rings. The highest BCUT2D eigenvalue weighted by Gasteiger charge is 1.97. The highest BCUT2D eigenvalue weighted by atomic mass is 16.5. The predicted octanol–water partition coefficient (Wildman–Crippen LogP) is 3.31. The first-order valence-electron chi connectivity index (χ1n) is 7.25. The number of nitrogens with one attached hydrogen (secondary N) is 1. The van der Waals surface area contributed by atoms with Crippen LogP contribution in [0, 0.1) is 6.92 Å². The van der Waals surface area contributed by atoms with Crippen molar-refractivity contribution in [3.63, 3.8) is 0 Å². The first-order chi connectivity index (χ1) is 10.3. The van der Waals surface area contributed by atoms with Crippen molar-refractivity contribution in [1.82, 2.24) is 5.32 Å². The largest absolute Gasteiger partial charge is 0.491 e. The van der Waals surface area contributed by atoms with E-state index < -0.39 is 0 Å². The second kappa shape index (κ2) is 8.45. The maximum atomic E-state index is 5.54. The third-order valence-corrected chi connectivity index (χ3v) is 3.22. The van der Waals surface area contributed by atoms with Gasteiger partial charge >= 0.3 is 0 Å². The molecule has 1 N–H and O–H groups in total. The summed E-state index contributed by atoms with van der Waals surface area (Å²) >= 11 is 0. The molecule has 0 radical (unpaired) electrons. The summed E-state index contributed by atoms with van der Waals surface area (Å²) in [6.45, 7) is 5.05. The van der Waals surface area contributed by atoms with Crippen molar-refractivity contribution in [2.75, 3.05) is 20.3 Å². The highest BCUT2D eigenvalue weighted by molar-refractivity contribution is 5.27. The Morgan fingerprint density at radius 2 is 1.67 bits per heavy atom. The fraction of sp³-hybridized carbons (Fsp3) is 0.333. The Morgan fingerprint density at radius 3 is 2.38 bits per heavy atom. The summed E-state index contributed by atoms with van der Waals surface area (Å²) in [5, 5.41) is 3.46. The van der Waals surface area contributed by atoms with E-state index in [0.29, 0.717) is 13.2 Å². The van der Waals surface area contributed by atoms with Gasteiger partial charge in [-0.2, -0.15) is 0 Å². The SMILES string of the molecule is COCCOc1ccc(CNCc2cccc(C)c2)cc1. The number of methoxy groups -OCH3 is 1. The maximum Gasteiger partial charge on any atom is 0.119 e. The standard InChI is InChI=1S/C18H23NO2/c1-15-4-3-5-17(12-15)14-19-13-16-6-8-18(9-7-16)21-11-10-20-2/h3-9,12,19H,10-11,13-14H2,1-2H3. The molecular weight excluding hydrogens is 262 g/mol. The van der Waals surface area contributed by atoms with Crippen LogP contribution in [-0.2, 0) is 17.8 Å². The topological polar surface area (TPSA) is 30.5 Å². The molecule has 2 aromatic carbocycles. The Morgan fingerprint density at radius 1 is 0.905 bits per heavy atom. The van der Waals surface area contributed by atoms with E-state index in [1.165, 1.54) is 16.7 Å². The van der Waals surface area contributed by atoms with Gasteiger partial charge in [0, 0.05) is 20.2 Å². The molecule has 0 bridgehead atoms.